The van der Waals surface area contributed by atoms with E-state index in [1.54, 1.807) is 6.92 Å². The Balaban J connectivity index is 1.78. The summed E-state index contributed by atoms with van der Waals surface area (Å²) in [4.78, 5) is 12.3. The summed E-state index contributed by atoms with van der Waals surface area (Å²) in [5.74, 6) is 0.113. The van der Waals surface area contributed by atoms with Crippen LogP contribution in [0, 0.1) is 0 Å². The highest BCUT2D eigenvalue weighted by Crippen LogP contribution is 2.31. The van der Waals surface area contributed by atoms with Crippen molar-refractivity contribution in [2.75, 3.05) is 5.01 Å². The maximum Gasteiger partial charge on any atom is 0.239 e. The van der Waals surface area contributed by atoms with Crippen LogP contribution >= 0.6 is 0 Å². The van der Waals surface area contributed by atoms with E-state index < -0.39 is 0 Å². The monoisotopic (exact) mass is 301 g/mol. The maximum absolute atomic E-state index is 12.3. The van der Waals surface area contributed by atoms with Gasteiger partial charge in [0.2, 0.25) is 5.91 Å². The molecular formula is C18H27N3O. The predicted molar refractivity (Wildman–Crippen MR) is 89.3 cm³/mol. The summed E-state index contributed by atoms with van der Waals surface area (Å²) < 4.78 is 0. The van der Waals surface area contributed by atoms with Crippen molar-refractivity contribution in [1.82, 2.24) is 10.3 Å². The molecule has 4 heteroatoms. The van der Waals surface area contributed by atoms with Crippen molar-refractivity contribution in [3.05, 3.63) is 30.3 Å². The molecule has 1 saturated heterocycles. The second-order valence-corrected chi connectivity index (χ2v) is 6.65. The largest absolute Gasteiger partial charge is 0.293 e. The highest BCUT2D eigenvalue weighted by molar-refractivity contribution is 5.76. The summed E-state index contributed by atoms with van der Waals surface area (Å²) >= 11 is 0. The number of benzene rings is 1. The second-order valence-electron chi connectivity index (χ2n) is 6.65. The van der Waals surface area contributed by atoms with E-state index in [0.29, 0.717) is 12.1 Å². The van der Waals surface area contributed by atoms with Crippen LogP contribution in [0.15, 0.2) is 30.3 Å². The number of carbonyl (C=O) groups excluding carboxylic acids is 1. The van der Waals surface area contributed by atoms with Gasteiger partial charge in [0.1, 0.15) is 6.17 Å². The Hall–Kier alpha value is -1.55. The molecular weight excluding hydrogens is 274 g/mol. The summed E-state index contributed by atoms with van der Waals surface area (Å²) in [5, 5.41) is 7.82. The smallest absolute Gasteiger partial charge is 0.239 e. The van der Waals surface area contributed by atoms with E-state index in [1.807, 2.05) is 23.2 Å². The Morgan fingerprint density at radius 1 is 1.14 bits per heavy atom. The standard InChI is InChI=1S/C18H27N3O/c1-14-13-18(19-16-9-5-3-6-10-16)21(15(2)22)20(14)17-11-7-4-8-12-17/h4,7-8,11-12,14,16,18-19H,3,5-6,9-10,13H2,1-2H3/t14-,18-/m1/s1. The molecule has 1 aliphatic heterocycles. The molecule has 3 rings (SSSR count). The van der Waals surface area contributed by atoms with E-state index in [1.165, 1.54) is 32.1 Å². The maximum atomic E-state index is 12.3. The number of nitrogens with zero attached hydrogens (tertiary/aromatic N) is 2. The second kappa shape index (κ2) is 6.69. The van der Waals surface area contributed by atoms with Crippen LogP contribution in [0.25, 0.3) is 0 Å². The summed E-state index contributed by atoms with van der Waals surface area (Å²) in [6, 6.07) is 11.1. The number of amides is 1. The van der Waals surface area contributed by atoms with Gasteiger partial charge < -0.3 is 0 Å². The minimum Gasteiger partial charge on any atom is -0.293 e. The lowest BCUT2D eigenvalue weighted by Crippen LogP contribution is -2.53. The first-order valence-electron chi connectivity index (χ1n) is 8.57. The Bertz CT molecular complexity index is 498. The van der Waals surface area contributed by atoms with Crippen LogP contribution in [0.5, 0.6) is 0 Å². The molecule has 1 amide bonds. The molecule has 2 atom stereocenters. The molecule has 2 fully saturated rings. The number of hydrazine groups is 1. The molecule has 2 aliphatic rings. The number of nitrogens with one attached hydrogen (secondary N) is 1. The van der Waals surface area contributed by atoms with Gasteiger partial charge in [0.25, 0.3) is 0 Å². The van der Waals surface area contributed by atoms with Crippen LogP contribution in [-0.2, 0) is 4.79 Å². The van der Waals surface area contributed by atoms with Crippen LogP contribution < -0.4 is 10.3 Å². The van der Waals surface area contributed by atoms with Crippen molar-refractivity contribution < 1.29 is 4.79 Å². The average molecular weight is 301 g/mol. The van der Waals surface area contributed by atoms with Crippen LogP contribution in [0.2, 0.25) is 0 Å². The van der Waals surface area contributed by atoms with Gasteiger partial charge in [-0.05, 0) is 31.9 Å². The van der Waals surface area contributed by atoms with Crippen molar-refractivity contribution in [1.29, 1.82) is 0 Å². The molecule has 0 radical (unpaired) electrons. The van der Waals surface area contributed by atoms with Crippen LogP contribution in [0.1, 0.15) is 52.4 Å². The fourth-order valence-corrected chi connectivity index (χ4v) is 3.90. The van der Waals surface area contributed by atoms with Crippen molar-refractivity contribution in [3.63, 3.8) is 0 Å². The molecule has 1 aliphatic carbocycles. The highest BCUT2D eigenvalue weighted by atomic mass is 16.2. The molecule has 0 unspecified atom stereocenters. The summed E-state index contributed by atoms with van der Waals surface area (Å²) in [7, 11) is 0. The van der Waals surface area contributed by atoms with Crippen LogP contribution in [0.3, 0.4) is 0 Å². The first-order valence-corrected chi connectivity index (χ1v) is 8.57. The summed E-state index contributed by atoms with van der Waals surface area (Å²) in [6.45, 7) is 3.87. The van der Waals surface area contributed by atoms with Gasteiger partial charge in [-0.15, -0.1) is 0 Å². The molecule has 1 aromatic rings. The number of rotatable bonds is 3. The Morgan fingerprint density at radius 2 is 1.82 bits per heavy atom. The Morgan fingerprint density at radius 3 is 2.45 bits per heavy atom. The van der Waals surface area contributed by atoms with Crippen molar-refractivity contribution >= 4 is 11.6 Å². The molecule has 1 saturated carbocycles. The van der Waals surface area contributed by atoms with Crippen molar-refractivity contribution in [3.8, 4) is 0 Å². The Labute approximate surface area is 133 Å². The van der Waals surface area contributed by atoms with Gasteiger partial charge >= 0.3 is 0 Å². The lowest BCUT2D eigenvalue weighted by Gasteiger charge is -2.36. The third-order valence-corrected chi connectivity index (χ3v) is 4.89. The van der Waals surface area contributed by atoms with E-state index in [4.69, 9.17) is 0 Å². The van der Waals surface area contributed by atoms with Crippen LogP contribution in [-0.4, -0.2) is 29.2 Å². The van der Waals surface area contributed by atoms with E-state index in [0.717, 1.165) is 12.1 Å². The lowest BCUT2D eigenvalue weighted by molar-refractivity contribution is -0.131. The van der Waals surface area contributed by atoms with Gasteiger partial charge in [0, 0.05) is 19.4 Å². The minimum absolute atomic E-state index is 0.113. The fraction of sp³-hybridized carbons (Fsp3) is 0.611. The number of hydrogen-bond acceptors (Lipinski definition) is 3. The van der Waals surface area contributed by atoms with Crippen molar-refractivity contribution in [2.45, 2.75) is 70.6 Å². The highest BCUT2D eigenvalue weighted by Gasteiger charge is 2.39. The summed E-state index contributed by atoms with van der Waals surface area (Å²) in [6.07, 6.45) is 7.54. The fourth-order valence-electron chi connectivity index (χ4n) is 3.90. The number of anilines is 1. The Kier molecular flexibility index (Phi) is 4.67. The normalized spacial score (nSPS) is 26.5. The quantitative estimate of drug-likeness (QED) is 0.930. The number of carbonyl (C=O) groups is 1. The zero-order valence-electron chi connectivity index (χ0n) is 13.7. The molecule has 1 aromatic carbocycles. The van der Waals surface area contributed by atoms with E-state index in [2.05, 4.69) is 29.4 Å². The number of para-hydroxylation sites is 1. The average Bonchev–Trinajstić information content (AvgIpc) is 2.85. The molecule has 22 heavy (non-hydrogen) atoms. The third kappa shape index (κ3) is 3.12. The minimum atomic E-state index is 0.113. The zero-order chi connectivity index (χ0) is 15.5. The molecule has 120 valence electrons. The van der Waals surface area contributed by atoms with Gasteiger partial charge in [-0.2, -0.15) is 0 Å². The molecule has 1 heterocycles. The van der Waals surface area contributed by atoms with Gasteiger partial charge in [-0.25, -0.2) is 5.01 Å². The third-order valence-electron chi connectivity index (χ3n) is 4.89. The van der Waals surface area contributed by atoms with Gasteiger partial charge in [-0.3, -0.25) is 15.1 Å². The van der Waals surface area contributed by atoms with E-state index in [9.17, 15) is 4.79 Å². The SMILES string of the molecule is CC(=O)N1[C@@H](NC2CCCCC2)C[C@@H](C)N1c1ccccc1. The van der Waals surface area contributed by atoms with Gasteiger partial charge in [-0.1, -0.05) is 37.5 Å². The van der Waals surface area contributed by atoms with E-state index in [-0.39, 0.29) is 12.1 Å². The van der Waals surface area contributed by atoms with Crippen LogP contribution in [0.4, 0.5) is 5.69 Å². The molecule has 1 N–H and O–H groups in total. The first-order chi connectivity index (χ1) is 10.7. The lowest BCUT2D eigenvalue weighted by atomic mass is 9.95. The van der Waals surface area contributed by atoms with Gasteiger partial charge in [0.15, 0.2) is 0 Å². The molecule has 0 bridgehead atoms. The predicted octanol–water partition coefficient (Wildman–Crippen LogP) is 3.30. The zero-order valence-corrected chi connectivity index (χ0v) is 13.7. The number of hydrogen-bond donors (Lipinski definition) is 1. The molecule has 0 aromatic heterocycles. The van der Waals surface area contributed by atoms with Crippen molar-refractivity contribution in [2.24, 2.45) is 0 Å². The summed E-state index contributed by atoms with van der Waals surface area (Å²) in [5.41, 5.74) is 1.10. The van der Waals surface area contributed by atoms with E-state index >= 15 is 0 Å². The first kappa shape index (κ1) is 15.3. The molecule has 0 spiro atoms. The topological polar surface area (TPSA) is 35.6 Å². The molecule has 4 nitrogen and oxygen atoms in total. The van der Waals surface area contributed by atoms with Gasteiger partial charge in [0.05, 0.1) is 11.7 Å².